The van der Waals surface area contributed by atoms with Crippen molar-refractivity contribution in [1.82, 2.24) is 10.1 Å². The molecule has 0 atom stereocenters. The quantitative estimate of drug-likeness (QED) is 0.292. The van der Waals surface area contributed by atoms with E-state index in [2.05, 4.69) is 20.8 Å². The fraction of sp³-hybridized carbons (Fsp3) is 0.360. The maximum absolute atomic E-state index is 12.1. The molecule has 2 aromatic heterocycles. The van der Waals surface area contributed by atoms with Crippen LogP contribution in [0.4, 0.5) is 11.5 Å². The molecule has 1 saturated carbocycles. The van der Waals surface area contributed by atoms with Crippen molar-refractivity contribution in [1.29, 1.82) is 5.41 Å². The Kier molecular flexibility index (Phi) is 6.90. The summed E-state index contributed by atoms with van der Waals surface area (Å²) in [6, 6.07) is 7.33. The zero-order valence-electron chi connectivity index (χ0n) is 20.1. The number of carboxylic acid groups (broad SMARTS) is 1. The minimum atomic E-state index is -1.16. The van der Waals surface area contributed by atoms with Gasteiger partial charge in [0, 0.05) is 42.0 Å². The van der Waals surface area contributed by atoms with Gasteiger partial charge >= 0.3 is 5.97 Å². The lowest BCUT2D eigenvalue weighted by atomic mass is 10.0. The maximum atomic E-state index is 12.1. The third-order valence-corrected chi connectivity index (χ3v) is 5.70. The first-order valence-corrected chi connectivity index (χ1v) is 11.4. The van der Waals surface area contributed by atoms with Crippen LogP contribution in [0.3, 0.4) is 0 Å². The van der Waals surface area contributed by atoms with Crippen LogP contribution in [0.5, 0.6) is 11.5 Å². The standard InChI is InChI=1S/C25H29N5O5/c1-13(2)29-17-9-10-27-24(28-12-15-7-8-16(33-3)11-18(15)34-4)19(17)21(26)22-20(25(31)32)23(35-30-22)14-5-6-14/h7-11,13-14,26H,5-6,12H2,1-4H3,(H,31,32)(H2,27,28,29). The Morgan fingerprint density at radius 1 is 1.23 bits per heavy atom. The van der Waals surface area contributed by atoms with Crippen LogP contribution in [0.25, 0.3) is 0 Å². The molecule has 0 spiro atoms. The maximum Gasteiger partial charge on any atom is 0.341 e. The summed E-state index contributed by atoms with van der Waals surface area (Å²) < 4.78 is 16.2. The van der Waals surface area contributed by atoms with Crippen LogP contribution in [0.2, 0.25) is 0 Å². The number of methoxy groups -OCH3 is 2. The van der Waals surface area contributed by atoms with Gasteiger partial charge in [0.15, 0.2) is 5.76 Å². The van der Waals surface area contributed by atoms with Crippen molar-refractivity contribution in [2.45, 2.75) is 45.2 Å². The second-order valence-electron chi connectivity index (χ2n) is 8.64. The van der Waals surface area contributed by atoms with Crippen LogP contribution in [-0.4, -0.2) is 47.2 Å². The van der Waals surface area contributed by atoms with Gasteiger partial charge in [0.25, 0.3) is 0 Å². The van der Waals surface area contributed by atoms with E-state index in [0.717, 1.165) is 18.4 Å². The van der Waals surface area contributed by atoms with Gasteiger partial charge in [-0.15, -0.1) is 0 Å². The predicted octanol–water partition coefficient (Wildman–Crippen LogP) is 4.51. The summed E-state index contributed by atoms with van der Waals surface area (Å²) in [5, 5.41) is 29.5. The number of hydrogen-bond acceptors (Lipinski definition) is 9. The van der Waals surface area contributed by atoms with Crippen molar-refractivity contribution >= 4 is 23.2 Å². The van der Waals surface area contributed by atoms with Gasteiger partial charge in [-0.1, -0.05) is 5.16 Å². The minimum Gasteiger partial charge on any atom is -0.497 e. The lowest BCUT2D eigenvalue weighted by molar-refractivity contribution is 0.0694. The summed E-state index contributed by atoms with van der Waals surface area (Å²) in [6.45, 7) is 4.31. The molecule has 10 heteroatoms. The van der Waals surface area contributed by atoms with Crippen LogP contribution in [0.15, 0.2) is 35.0 Å². The van der Waals surface area contributed by atoms with Crippen molar-refractivity contribution in [3.05, 3.63) is 58.6 Å². The lowest BCUT2D eigenvalue weighted by Gasteiger charge is -2.19. The second-order valence-corrected chi connectivity index (χ2v) is 8.64. The molecule has 1 fully saturated rings. The molecule has 0 amide bonds. The van der Waals surface area contributed by atoms with E-state index in [4.69, 9.17) is 19.4 Å². The van der Waals surface area contributed by atoms with E-state index in [1.165, 1.54) is 0 Å². The van der Waals surface area contributed by atoms with Crippen molar-refractivity contribution in [3.8, 4) is 11.5 Å². The van der Waals surface area contributed by atoms with Gasteiger partial charge < -0.3 is 29.7 Å². The Morgan fingerprint density at radius 2 is 2.00 bits per heavy atom. The predicted molar refractivity (Wildman–Crippen MR) is 131 cm³/mol. The molecule has 0 radical (unpaired) electrons. The molecule has 0 saturated heterocycles. The highest BCUT2D eigenvalue weighted by molar-refractivity contribution is 6.19. The van der Waals surface area contributed by atoms with Crippen molar-refractivity contribution in [2.24, 2.45) is 0 Å². The van der Waals surface area contributed by atoms with E-state index in [9.17, 15) is 9.90 Å². The zero-order chi connectivity index (χ0) is 25.1. The van der Waals surface area contributed by atoms with Gasteiger partial charge in [-0.25, -0.2) is 9.78 Å². The zero-order valence-corrected chi connectivity index (χ0v) is 20.1. The van der Waals surface area contributed by atoms with Crippen molar-refractivity contribution in [2.75, 3.05) is 24.9 Å². The summed E-state index contributed by atoms with van der Waals surface area (Å²) >= 11 is 0. The first-order valence-electron chi connectivity index (χ1n) is 11.4. The first kappa shape index (κ1) is 24.1. The SMILES string of the molecule is COc1ccc(CNc2nccc(NC(C)C)c2C(=N)c2noc(C3CC3)c2C(=O)O)c(OC)c1. The number of nitrogens with zero attached hydrogens (tertiary/aromatic N) is 2. The molecular formula is C25H29N5O5. The normalized spacial score (nSPS) is 12.9. The molecule has 4 N–H and O–H groups in total. The van der Waals surface area contributed by atoms with E-state index in [1.807, 2.05) is 26.0 Å². The van der Waals surface area contributed by atoms with Crippen LogP contribution in [0.1, 0.15) is 65.5 Å². The van der Waals surface area contributed by atoms with E-state index >= 15 is 0 Å². The monoisotopic (exact) mass is 479 g/mol. The fourth-order valence-electron chi connectivity index (χ4n) is 3.88. The van der Waals surface area contributed by atoms with Gasteiger partial charge in [-0.3, -0.25) is 5.41 Å². The molecule has 0 unspecified atom stereocenters. The summed E-state index contributed by atoms with van der Waals surface area (Å²) in [5.41, 5.74) is 1.75. The molecule has 0 aliphatic heterocycles. The molecule has 4 rings (SSSR count). The number of pyridine rings is 1. The molecule has 3 aromatic rings. The van der Waals surface area contributed by atoms with Gasteiger partial charge in [-0.2, -0.15) is 0 Å². The van der Waals surface area contributed by atoms with E-state index in [1.54, 1.807) is 32.5 Å². The van der Waals surface area contributed by atoms with Crippen molar-refractivity contribution in [3.63, 3.8) is 0 Å². The number of carboxylic acids is 1. The Balaban J connectivity index is 1.73. The number of aromatic carboxylic acids is 1. The lowest BCUT2D eigenvalue weighted by Crippen LogP contribution is -2.19. The highest BCUT2D eigenvalue weighted by atomic mass is 16.5. The van der Waals surface area contributed by atoms with Crippen molar-refractivity contribution < 1.29 is 23.9 Å². The molecule has 1 aromatic carbocycles. The third-order valence-electron chi connectivity index (χ3n) is 5.70. The smallest absolute Gasteiger partial charge is 0.341 e. The first-order chi connectivity index (χ1) is 16.8. The second kappa shape index (κ2) is 10.0. The average Bonchev–Trinajstić information content (AvgIpc) is 3.59. The van der Waals surface area contributed by atoms with Gasteiger partial charge in [-0.05, 0) is 44.9 Å². The number of carbonyl (C=O) groups is 1. The highest BCUT2D eigenvalue weighted by Gasteiger charge is 2.37. The van der Waals surface area contributed by atoms with Crippen LogP contribution in [-0.2, 0) is 6.54 Å². The Labute approximate surface area is 203 Å². The van der Waals surface area contributed by atoms with Gasteiger partial charge in [0.05, 0.1) is 25.5 Å². The summed E-state index contributed by atoms with van der Waals surface area (Å²) in [6.07, 6.45) is 3.34. The number of benzene rings is 1. The molecule has 1 aliphatic carbocycles. The van der Waals surface area contributed by atoms with E-state index < -0.39 is 5.97 Å². The van der Waals surface area contributed by atoms with Crippen LogP contribution >= 0.6 is 0 Å². The number of ether oxygens (including phenoxy) is 2. The average molecular weight is 480 g/mol. The number of anilines is 2. The molecule has 1 aliphatic rings. The Morgan fingerprint density at radius 3 is 2.63 bits per heavy atom. The Hall–Kier alpha value is -4.08. The fourth-order valence-corrected chi connectivity index (χ4v) is 3.88. The molecule has 2 heterocycles. The topological polar surface area (TPSA) is 143 Å². The van der Waals surface area contributed by atoms with Crippen LogP contribution < -0.4 is 20.1 Å². The number of nitrogens with one attached hydrogen (secondary N) is 3. The molecular weight excluding hydrogens is 450 g/mol. The van der Waals surface area contributed by atoms with Gasteiger partial charge in [0.2, 0.25) is 0 Å². The van der Waals surface area contributed by atoms with E-state index in [0.29, 0.717) is 40.9 Å². The summed E-state index contributed by atoms with van der Waals surface area (Å²) in [7, 11) is 3.17. The Bertz CT molecular complexity index is 1250. The number of rotatable bonds is 11. The van der Waals surface area contributed by atoms with Gasteiger partial charge in [0.1, 0.15) is 28.6 Å². The molecule has 35 heavy (non-hydrogen) atoms. The summed E-state index contributed by atoms with van der Waals surface area (Å²) in [4.78, 5) is 16.5. The minimum absolute atomic E-state index is 0.00992. The van der Waals surface area contributed by atoms with Crippen LogP contribution in [0, 0.1) is 5.41 Å². The highest BCUT2D eigenvalue weighted by Crippen LogP contribution is 2.43. The molecule has 10 nitrogen and oxygen atoms in total. The number of hydrogen-bond donors (Lipinski definition) is 4. The number of aromatic nitrogens is 2. The largest absolute Gasteiger partial charge is 0.497 e. The third kappa shape index (κ3) is 5.06. The molecule has 0 bridgehead atoms. The summed E-state index contributed by atoms with van der Waals surface area (Å²) in [5.74, 6) is 0.935. The molecule has 184 valence electrons. The van der Waals surface area contributed by atoms with E-state index in [-0.39, 0.29) is 28.9 Å².